The van der Waals surface area contributed by atoms with E-state index >= 15 is 0 Å². The Morgan fingerprint density at radius 1 is 1.35 bits per heavy atom. The molecule has 1 fully saturated rings. The van der Waals surface area contributed by atoms with Crippen molar-refractivity contribution in [2.24, 2.45) is 0 Å². The highest BCUT2D eigenvalue weighted by atomic mass is 16.6. The molecule has 1 aromatic rings. The smallest absolute Gasteiger partial charge is 0.276 e. The molecule has 108 valence electrons. The predicted octanol–water partition coefficient (Wildman–Crippen LogP) is 1.30. The van der Waals surface area contributed by atoms with Crippen LogP contribution in [0.25, 0.3) is 6.08 Å². The summed E-state index contributed by atoms with van der Waals surface area (Å²) in [7, 11) is 0. The third-order valence-electron chi connectivity index (χ3n) is 3.45. The lowest BCUT2D eigenvalue weighted by molar-refractivity contribution is -0.909. The molecule has 0 unspecified atom stereocenters. The van der Waals surface area contributed by atoms with Crippen LogP contribution in [0.1, 0.15) is 19.4 Å². The van der Waals surface area contributed by atoms with Gasteiger partial charge in [-0.15, -0.1) is 0 Å². The van der Waals surface area contributed by atoms with Crippen LogP contribution in [-0.2, 0) is 4.74 Å². The summed E-state index contributed by atoms with van der Waals surface area (Å²) in [6.45, 7) is 6.99. The van der Waals surface area contributed by atoms with E-state index in [9.17, 15) is 10.1 Å². The summed E-state index contributed by atoms with van der Waals surface area (Å²) in [6, 6.07) is 6.81. The van der Waals surface area contributed by atoms with E-state index in [4.69, 9.17) is 4.74 Å². The molecule has 20 heavy (non-hydrogen) atoms. The number of nitro groups is 1. The first-order chi connectivity index (χ1) is 9.56. The van der Waals surface area contributed by atoms with Crippen molar-refractivity contribution in [2.45, 2.75) is 26.1 Å². The minimum Gasteiger partial charge on any atom is -0.364 e. The van der Waals surface area contributed by atoms with Gasteiger partial charge in [0, 0.05) is 6.07 Å². The van der Waals surface area contributed by atoms with Crippen molar-refractivity contribution in [3.63, 3.8) is 0 Å². The lowest BCUT2D eigenvalue weighted by atomic mass is 10.1. The van der Waals surface area contributed by atoms with Gasteiger partial charge in [0.05, 0.1) is 17.0 Å². The number of ether oxygens (including phenoxy) is 1. The maximum atomic E-state index is 10.9. The van der Waals surface area contributed by atoms with Gasteiger partial charge in [0.15, 0.2) is 0 Å². The summed E-state index contributed by atoms with van der Waals surface area (Å²) < 4.78 is 5.70. The van der Waals surface area contributed by atoms with E-state index in [1.165, 1.54) is 11.0 Å². The molecule has 2 rings (SSSR count). The molecule has 1 aliphatic rings. The van der Waals surface area contributed by atoms with Crippen LogP contribution in [0.15, 0.2) is 30.3 Å². The maximum absolute atomic E-state index is 10.9. The Kier molecular flexibility index (Phi) is 4.87. The molecule has 0 amide bonds. The number of nitro benzene ring substituents is 1. The fraction of sp³-hybridized carbons (Fsp3) is 0.467. The Balaban J connectivity index is 1.98. The van der Waals surface area contributed by atoms with Gasteiger partial charge in [0.1, 0.15) is 25.3 Å². The Hall–Kier alpha value is -1.72. The van der Waals surface area contributed by atoms with Gasteiger partial charge in [-0.2, -0.15) is 0 Å². The van der Waals surface area contributed by atoms with E-state index in [0.717, 1.165) is 19.6 Å². The number of benzene rings is 1. The third kappa shape index (κ3) is 3.88. The molecule has 1 heterocycles. The van der Waals surface area contributed by atoms with Gasteiger partial charge >= 0.3 is 0 Å². The average molecular weight is 277 g/mol. The van der Waals surface area contributed by atoms with Crippen LogP contribution in [0.2, 0.25) is 0 Å². The normalized spacial score (nSPS) is 26.8. The molecule has 5 heteroatoms. The first kappa shape index (κ1) is 14.7. The van der Waals surface area contributed by atoms with E-state index in [1.54, 1.807) is 12.1 Å². The second kappa shape index (κ2) is 6.63. The highest BCUT2D eigenvalue weighted by molar-refractivity contribution is 5.60. The Labute approximate surface area is 119 Å². The number of quaternary nitrogens is 1. The van der Waals surface area contributed by atoms with Crippen molar-refractivity contribution in [1.29, 1.82) is 0 Å². The fourth-order valence-corrected chi connectivity index (χ4v) is 2.70. The number of nitrogens with zero attached hydrogens (tertiary/aromatic N) is 1. The highest BCUT2D eigenvalue weighted by Gasteiger charge is 2.24. The molecule has 0 radical (unpaired) electrons. The summed E-state index contributed by atoms with van der Waals surface area (Å²) in [5, 5.41) is 10.9. The molecule has 1 aliphatic heterocycles. The number of para-hydroxylation sites is 1. The van der Waals surface area contributed by atoms with Crippen molar-refractivity contribution in [2.75, 3.05) is 19.6 Å². The van der Waals surface area contributed by atoms with E-state index < -0.39 is 0 Å². The van der Waals surface area contributed by atoms with Gasteiger partial charge in [-0.1, -0.05) is 12.1 Å². The van der Waals surface area contributed by atoms with Crippen LogP contribution in [0, 0.1) is 10.1 Å². The van der Waals surface area contributed by atoms with Gasteiger partial charge in [0.2, 0.25) is 0 Å². The van der Waals surface area contributed by atoms with Crippen molar-refractivity contribution in [3.8, 4) is 0 Å². The van der Waals surface area contributed by atoms with Crippen molar-refractivity contribution in [3.05, 3.63) is 46.0 Å². The van der Waals surface area contributed by atoms with Gasteiger partial charge in [-0.05, 0) is 32.1 Å². The first-order valence-corrected chi connectivity index (χ1v) is 6.95. The number of morpholine rings is 1. The zero-order valence-corrected chi connectivity index (χ0v) is 11.9. The summed E-state index contributed by atoms with van der Waals surface area (Å²) >= 11 is 0. The highest BCUT2D eigenvalue weighted by Crippen LogP contribution is 2.18. The molecule has 2 atom stereocenters. The molecular weight excluding hydrogens is 256 g/mol. The maximum Gasteiger partial charge on any atom is 0.276 e. The molecule has 0 aliphatic carbocycles. The molecule has 0 bridgehead atoms. The molecular formula is C15H21N2O3+. The number of hydrogen-bond donors (Lipinski definition) is 1. The summed E-state index contributed by atoms with van der Waals surface area (Å²) in [6.07, 6.45) is 4.40. The number of nitrogens with one attached hydrogen (secondary N) is 1. The quantitative estimate of drug-likeness (QED) is 0.666. The standard InChI is InChI=1S/C15H20N2O3/c1-12-10-16(11-13(2)20-12)9-5-7-14-6-3-4-8-15(14)17(18)19/h3-8,12-13H,9-11H2,1-2H3/p+1/b7-5+/t12-,13-/m1/s1. The van der Waals surface area contributed by atoms with Gasteiger partial charge in [0.25, 0.3) is 5.69 Å². The van der Waals surface area contributed by atoms with E-state index in [0.29, 0.717) is 5.56 Å². The van der Waals surface area contributed by atoms with Gasteiger partial charge < -0.3 is 9.64 Å². The van der Waals surface area contributed by atoms with Crippen LogP contribution >= 0.6 is 0 Å². The largest absolute Gasteiger partial charge is 0.364 e. The van der Waals surface area contributed by atoms with Crippen molar-refractivity contribution >= 4 is 11.8 Å². The summed E-state index contributed by atoms with van der Waals surface area (Å²) in [4.78, 5) is 12.0. The second-order valence-electron chi connectivity index (χ2n) is 5.34. The molecule has 5 nitrogen and oxygen atoms in total. The average Bonchev–Trinajstić information content (AvgIpc) is 2.38. The van der Waals surface area contributed by atoms with Crippen LogP contribution in [-0.4, -0.2) is 36.8 Å². The Morgan fingerprint density at radius 2 is 2.00 bits per heavy atom. The van der Waals surface area contributed by atoms with E-state index in [-0.39, 0.29) is 22.8 Å². The molecule has 0 spiro atoms. The fourth-order valence-electron chi connectivity index (χ4n) is 2.70. The Morgan fingerprint density at radius 3 is 2.65 bits per heavy atom. The van der Waals surface area contributed by atoms with Crippen LogP contribution in [0.5, 0.6) is 0 Å². The van der Waals surface area contributed by atoms with E-state index in [2.05, 4.69) is 13.8 Å². The van der Waals surface area contributed by atoms with Crippen LogP contribution < -0.4 is 4.90 Å². The minimum atomic E-state index is -0.342. The van der Waals surface area contributed by atoms with Crippen LogP contribution in [0.3, 0.4) is 0 Å². The summed E-state index contributed by atoms with van der Waals surface area (Å²) in [5.41, 5.74) is 0.814. The monoisotopic (exact) mass is 277 g/mol. The zero-order chi connectivity index (χ0) is 14.5. The molecule has 1 N–H and O–H groups in total. The number of hydrogen-bond acceptors (Lipinski definition) is 3. The predicted molar refractivity (Wildman–Crippen MR) is 77.7 cm³/mol. The number of rotatable bonds is 4. The van der Waals surface area contributed by atoms with Crippen molar-refractivity contribution in [1.82, 2.24) is 0 Å². The lowest BCUT2D eigenvalue weighted by Crippen LogP contribution is -3.15. The second-order valence-corrected chi connectivity index (χ2v) is 5.34. The SMILES string of the molecule is C[C@@H]1C[NH+](C/C=C/c2ccccc2[N+](=O)[O-])C[C@@H](C)O1. The van der Waals surface area contributed by atoms with Crippen LogP contribution in [0.4, 0.5) is 5.69 Å². The van der Waals surface area contributed by atoms with E-state index in [1.807, 2.05) is 18.2 Å². The van der Waals surface area contributed by atoms with Gasteiger partial charge in [-0.25, -0.2) is 0 Å². The molecule has 0 aromatic heterocycles. The minimum absolute atomic E-state index is 0.155. The Bertz CT molecular complexity index is 492. The molecule has 0 saturated carbocycles. The molecule has 1 saturated heterocycles. The first-order valence-electron chi connectivity index (χ1n) is 6.95. The van der Waals surface area contributed by atoms with Gasteiger partial charge in [-0.3, -0.25) is 10.1 Å². The lowest BCUT2D eigenvalue weighted by Gasteiger charge is -2.31. The molecule has 1 aromatic carbocycles. The third-order valence-corrected chi connectivity index (χ3v) is 3.45. The topological polar surface area (TPSA) is 56.8 Å². The van der Waals surface area contributed by atoms with Crippen molar-refractivity contribution < 1.29 is 14.6 Å². The zero-order valence-electron chi connectivity index (χ0n) is 11.9. The summed E-state index contributed by atoms with van der Waals surface area (Å²) in [5.74, 6) is 0.